The second-order valence-corrected chi connectivity index (χ2v) is 26.6. The van der Waals surface area contributed by atoms with Gasteiger partial charge in [0.2, 0.25) is 65.0 Å². The summed E-state index contributed by atoms with van der Waals surface area (Å²) >= 11 is 6.25. The van der Waals surface area contributed by atoms with E-state index in [-0.39, 0.29) is 81.4 Å². The molecule has 0 bridgehead atoms. The number of primary amides is 1. The van der Waals surface area contributed by atoms with Crippen LogP contribution >= 0.6 is 33.2 Å². The fourth-order valence-electron chi connectivity index (χ4n) is 10.9. The number of aliphatic hydroxyl groups excluding tert-OH is 1. The number of nitrogens with two attached hydrogens (primary N) is 3. The Hall–Kier alpha value is -8.93. The number of aromatic nitrogens is 1. The van der Waals surface area contributed by atoms with Crippen LogP contribution in [-0.4, -0.2) is 178 Å². The smallest absolute Gasteiger partial charge is 0.246 e. The van der Waals surface area contributed by atoms with Gasteiger partial charge in [0.25, 0.3) is 0 Å². The fraction of sp³-hybridized carbons (Fsp3) is 0.438. The van der Waals surface area contributed by atoms with E-state index in [9.17, 15) is 57.8 Å². The molecule has 0 aliphatic carbocycles. The van der Waals surface area contributed by atoms with Gasteiger partial charge in [0.1, 0.15) is 60.4 Å². The number of nitrogens with one attached hydrogen (secondary N) is 10. The summed E-state index contributed by atoms with van der Waals surface area (Å²) in [6, 6.07) is 13.6. The molecule has 0 radical (unpaired) electrons. The third-order valence-corrected chi connectivity index (χ3v) is 18.5. The molecule has 4 aromatic carbocycles. The van der Waals surface area contributed by atoms with Gasteiger partial charge in [0, 0.05) is 72.9 Å². The highest BCUT2D eigenvalue weighted by Gasteiger charge is 2.41. The normalized spacial score (nSPS) is 19.5. The average molecular weight is 1350 g/mol. The zero-order chi connectivity index (χ0) is 68.2. The molecule has 17 N–H and O–H groups in total. The van der Waals surface area contributed by atoms with Crippen LogP contribution in [0.5, 0.6) is 0 Å². The van der Waals surface area contributed by atoms with Crippen LogP contribution in [0.1, 0.15) is 76.5 Å². The Morgan fingerprint density at radius 1 is 0.691 bits per heavy atom. The molecule has 11 amide bonds. The Bertz CT molecular complexity index is 3590. The van der Waals surface area contributed by atoms with E-state index in [0.29, 0.717) is 33.5 Å². The van der Waals surface area contributed by atoms with Crippen molar-refractivity contribution in [3.8, 4) is 0 Å². The molecule has 2 saturated heterocycles. The first-order valence-corrected chi connectivity index (χ1v) is 33.7. The van der Waals surface area contributed by atoms with Crippen LogP contribution in [0.4, 0.5) is 0 Å². The standard InChI is InChI=1S/C64H82ClN15O12S2/c1-34(2)25-46-56(85)79-52(63(92)80-24-10-16-53(80)62(91)71-35(3)54(66)83)33-94-93-32-51(61(90)73-45(55(84)74-46)15-9-23-69-64(67)68)78-60(89)50(31-81)77-59(88)49(29-41-30-70-44-14-8-7-13-43(41)44)76-58(87)48(27-37-18-21-42(65)22-19-37)75-57(86)47(72-36(4)82)28-38-17-20-39-11-5-6-12-40(39)26-38/h5-8,11-14,17-22,26,30,34-35,45-53,70,81H,9-10,15-16,23-25,27-29,31-33H2,1-4H3,(H2,66,83)(H,71,91)(H,72,82)(H,73,90)(H,74,84)(H,75,86)(H,76,87)(H,77,88)(H,78,89)(H,79,85)(H4,67,68,69)/t35-,45-,46+,47-,48-,49-,50+,51-,52-,53+/m1/s1. The Morgan fingerprint density at radius 2 is 1.30 bits per heavy atom. The first kappa shape index (κ1) is 72.5. The highest BCUT2D eigenvalue weighted by molar-refractivity contribution is 8.76. The van der Waals surface area contributed by atoms with E-state index in [0.717, 1.165) is 37.9 Å². The van der Waals surface area contributed by atoms with E-state index < -0.39 is 132 Å². The molecule has 10 atom stereocenters. The molecule has 504 valence electrons. The van der Waals surface area contributed by atoms with Crippen LogP contribution in [0.15, 0.2) is 102 Å². The molecule has 2 fully saturated rings. The summed E-state index contributed by atoms with van der Waals surface area (Å²) in [5.74, 6) is -9.41. The molecular formula is C64H82ClN15O12S2. The number of H-pyrrole nitrogens is 1. The summed E-state index contributed by atoms with van der Waals surface area (Å²) in [7, 11) is 2.04. The van der Waals surface area contributed by atoms with Crippen molar-refractivity contribution in [2.45, 2.75) is 139 Å². The lowest BCUT2D eigenvalue weighted by Gasteiger charge is -2.31. The fourth-order valence-corrected chi connectivity index (χ4v) is 13.3. The third kappa shape index (κ3) is 21.0. The number of likely N-dealkylation sites (tertiary alicyclic amines) is 1. The lowest BCUT2D eigenvalue weighted by molar-refractivity contribution is -0.142. The molecule has 2 aliphatic rings. The van der Waals surface area contributed by atoms with E-state index in [1.807, 2.05) is 62.4 Å². The average Bonchev–Trinajstić information content (AvgIpc) is 1.47. The van der Waals surface area contributed by atoms with Gasteiger partial charge in [-0.25, -0.2) is 0 Å². The predicted octanol–water partition coefficient (Wildman–Crippen LogP) is 0.369. The quantitative estimate of drug-likeness (QED) is 0.0154. The number of nitrogens with zero attached hydrogens (tertiary/aromatic N) is 2. The molecular weight excluding hydrogens is 1270 g/mol. The summed E-state index contributed by atoms with van der Waals surface area (Å²) in [6.07, 6.45) is 2.18. The van der Waals surface area contributed by atoms with Gasteiger partial charge >= 0.3 is 0 Å². The van der Waals surface area contributed by atoms with Crippen molar-refractivity contribution in [3.63, 3.8) is 0 Å². The maximum atomic E-state index is 14.9. The van der Waals surface area contributed by atoms with Gasteiger partial charge in [-0.1, -0.05) is 120 Å². The van der Waals surface area contributed by atoms with Gasteiger partial charge in [-0.2, -0.15) is 0 Å². The molecule has 0 unspecified atom stereocenters. The number of guanidine groups is 1. The molecule has 2 aliphatic heterocycles. The van der Waals surface area contributed by atoms with E-state index >= 15 is 0 Å². The van der Waals surface area contributed by atoms with Crippen LogP contribution in [0, 0.1) is 5.92 Å². The number of benzene rings is 4. The van der Waals surface area contributed by atoms with Gasteiger partial charge in [-0.15, -0.1) is 0 Å². The summed E-state index contributed by atoms with van der Waals surface area (Å²) in [5, 5.41) is 38.1. The minimum Gasteiger partial charge on any atom is -0.394 e. The van der Waals surface area contributed by atoms with E-state index in [2.05, 4.69) is 57.8 Å². The van der Waals surface area contributed by atoms with Crippen LogP contribution in [-0.2, 0) is 72.0 Å². The number of halogens is 1. The zero-order valence-electron chi connectivity index (χ0n) is 52.5. The van der Waals surface area contributed by atoms with Gasteiger partial charge < -0.3 is 80.0 Å². The van der Waals surface area contributed by atoms with Gasteiger partial charge in [0.15, 0.2) is 5.96 Å². The lowest BCUT2D eigenvalue weighted by Crippen LogP contribution is -2.62. The van der Waals surface area contributed by atoms with Crippen molar-refractivity contribution in [3.05, 3.63) is 119 Å². The zero-order valence-corrected chi connectivity index (χ0v) is 54.9. The maximum Gasteiger partial charge on any atom is 0.246 e. The van der Waals surface area contributed by atoms with Gasteiger partial charge in [-0.3, -0.25) is 57.7 Å². The molecule has 3 heterocycles. The van der Waals surface area contributed by atoms with Crippen LogP contribution < -0.4 is 65.1 Å². The SMILES string of the molecule is CC(=O)N[C@H](Cc1ccc2ccccc2c1)C(=O)N[C@H](Cc1ccc(Cl)cc1)C(=O)N[C@H](Cc1c[nH]c2ccccc12)C(=O)N[C@@H](CO)C(=O)N[C@@H]1CSSC[C@H](C(=O)N2CCC[C@H]2C(=O)N[C@H](C)C(N)=O)NC(=O)[C@H](CC(C)C)NC(=O)[C@@H](CCCN=C(N)N)NC1=O. The minimum atomic E-state index is -1.80. The van der Waals surface area contributed by atoms with E-state index in [1.165, 1.54) is 18.7 Å². The van der Waals surface area contributed by atoms with E-state index in [4.69, 9.17) is 28.8 Å². The second kappa shape index (κ2) is 34.8. The molecule has 0 saturated carbocycles. The number of rotatable bonds is 26. The first-order chi connectivity index (χ1) is 44.9. The molecule has 27 nitrogen and oxygen atoms in total. The number of hydrogen-bond donors (Lipinski definition) is 14. The molecule has 1 aromatic heterocycles. The summed E-state index contributed by atoms with van der Waals surface area (Å²) in [5.41, 5.74) is 19.1. The number of amides is 11. The van der Waals surface area contributed by atoms with E-state index in [1.54, 1.807) is 48.7 Å². The number of aromatic amines is 1. The van der Waals surface area contributed by atoms with Crippen molar-refractivity contribution < 1.29 is 57.8 Å². The molecule has 30 heteroatoms. The Morgan fingerprint density at radius 3 is 1.97 bits per heavy atom. The number of aliphatic hydroxyl groups is 1. The highest BCUT2D eigenvalue weighted by Crippen LogP contribution is 2.27. The molecule has 5 aromatic rings. The minimum absolute atomic E-state index is 0.0361. The third-order valence-electron chi connectivity index (χ3n) is 15.8. The highest BCUT2D eigenvalue weighted by atomic mass is 35.5. The topological polar surface area (TPSA) is 426 Å². The summed E-state index contributed by atoms with van der Waals surface area (Å²) in [4.78, 5) is 163. The Kier molecular flexibility index (Phi) is 26.9. The molecule has 0 spiro atoms. The number of carbonyl (C=O) groups excluding carboxylic acids is 11. The maximum absolute atomic E-state index is 14.9. The Balaban J connectivity index is 1.16. The van der Waals surface area contributed by atoms with Crippen molar-refractivity contribution in [1.29, 1.82) is 0 Å². The monoisotopic (exact) mass is 1350 g/mol. The number of fused-ring (bicyclic) bond motifs is 2. The second-order valence-electron chi connectivity index (χ2n) is 23.6. The first-order valence-electron chi connectivity index (χ1n) is 30.8. The number of aliphatic imine (C=N–C) groups is 1. The number of hydrogen-bond acceptors (Lipinski definition) is 15. The Labute approximate surface area is 556 Å². The van der Waals surface area contributed by atoms with Gasteiger partial charge in [0.05, 0.1) is 6.61 Å². The van der Waals surface area contributed by atoms with Crippen LogP contribution in [0.25, 0.3) is 21.7 Å². The number of para-hydroxylation sites is 1. The summed E-state index contributed by atoms with van der Waals surface area (Å²) < 4.78 is 0. The summed E-state index contributed by atoms with van der Waals surface area (Å²) in [6.45, 7) is 5.42. The molecule has 7 rings (SSSR count). The van der Waals surface area contributed by atoms with Crippen molar-refractivity contribution in [2.24, 2.45) is 28.1 Å². The van der Waals surface area contributed by atoms with Crippen molar-refractivity contribution >= 4 is 126 Å². The van der Waals surface area contributed by atoms with Crippen molar-refractivity contribution in [2.75, 3.05) is 31.2 Å². The predicted molar refractivity (Wildman–Crippen MR) is 359 cm³/mol. The van der Waals surface area contributed by atoms with Crippen molar-refractivity contribution in [1.82, 2.24) is 57.7 Å². The number of carbonyl (C=O) groups is 11. The van der Waals surface area contributed by atoms with Crippen LogP contribution in [0.2, 0.25) is 5.02 Å². The van der Waals surface area contributed by atoms with Crippen LogP contribution in [0.3, 0.4) is 0 Å². The lowest BCUT2D eigenvalue weighted by atomic mass is 9.99. The molecule has 94 heavy (non-hydrogen) atoms. The largest absolute Gasteiger partial charge is 0.394 e. The van der Waals surface area contributed by atoms with Gasteiger partial charge in [-0.05, 0) is 90.6 Å².